The van der Waals surface area contributed by atoms with Crippen LogP contribution in [0.25, 0.3) is 0 Å². The number of nitrogens with zero attached hydrogens (tertiary/aromatic N) is 3. The minimum Gasteiger partial charge on any atom is -0.370 e. The molecule has 2 heterocycles. The molecule has 3 rings (SSSR count). The van der Waals surface area contributed by atoms with Gasteiger partial charge >= 0.3 is 6.03 Å². The predicted molar refractivity (Wildman–Crippen MR) is 101 cm³/mol. The number of halogens is 3. The van der Waals surface area contributed by atoms with Crippen LogP contribution in [0.5, 0.6) is 0 Å². The van der Waals surface area contributed by atoms with Crippen LogP contribution in [0.15, 0.2) is 29.3 Å². The number of benzene rings is 1. The van der Waals surface area contributed by atoms with Gasteiger partial charge in [0.05, 0.1) is 5.69 Å². The van der Waals surface area contributed by atoms with E-state index in [1.807, 2.05) is 6.92 Å². The van der Waals surface area contributed by atoms with Crippen LogP contribution in [-0.2, 0) is 21.2 Å². The topological polar surface area (TPSA) is 99.7 Å². The van der Waals surface area contributed by atoms with Gasteiger partial charge in [-0.1, -0.05) is 0 Å². The van der Waals surface area contributed by atoms with Crippen molar-refractivity contribution in [1.29, 1.82) is 0 Å². The number of anilines is 2. The van der Waals surface area contributed by atoms with Crippen molar-refractivity contribution in [3.05, 3.63) is 47.4 Å². The fourth-order valence-corrected chi connectivity index (χ4v) is 3.88. The molecule has 1 saturated heterocycles. The van der Waals surface area contributed by atoms with Gasteiger partial charge in [-0.2, -0.15) is 0 Å². The maximum atomic E-state index is 14.5. The van der Waals surface area contributed by atoms with Crippen LogP contribution in [0, 0.1) is 17.5 Å². The molecule has 0 saturated carbocycles. The molecule has 1 fully saturated rings. The molecule has 0 unspecified atom stereocenters. The molecule has 0 radical (unpaired) electrons. The van der Waals surface area contributed by atoms with Crippen molar-refractivity contribution in [2.24, 2.45) is 0 Å². The molecule has 1 aliphatic rings. The summed E-state index contributed by atoms with van der Waals surface area (Å²) in [4.78, 5) is 29.0. The first-order chi connectivity index (χ1) is 14.0. The van der Waals surface area contributed by atoms with Gasteiger partial charge < -0.3 is 10.2 Å². The van der Waals surface area contributed by atoms with E-state index < -0.39 is 56.4 Å². The van der Waals surface area contributed by atoms with Gasteiger partial charge in [0, 0.05) is 31.6 Å². The second kappa shape index (κ2) is 7.94. The first-order valence-electron chi connectivity index (χ1n) is 8.72. The van der Waals surface area contributed by atoms with Crippen molar-refractivity contribution < 1.29 is 31.2 Å². The molecule has 2 aromatic rings. The molecule has 0 bridgehead atoms. The predicted octanol–water partition coefficient (Wildman–Crippen LogP) is 2.30. The molecular formula is C18H17F3N4O4S. The van der Waals surface area contributed by atoms with Crippen LogP contribution >= 0.6 is 0 Å². The summed E-state index contributed by atoms with van der Waals surface area (Å²) >= 11 is 0. The van der Waals surface area contributed by atoms with Gasteiger partial charge in [-0.25, -0.2) is 36.3 Å². The number of imide groups is 1. The van der Waals surface area contributed by atoms with Gasteiger partial charge in [-0.15, -0.1) is 0 Å². The van der Waals surface area contributed by atoms with Crippen LogP contribution in [-0.4, -0.2) is 49.6 Å². The highest BCUT2D eigenvalue weighted by Gasteiger charge is 2.40. The van der Waals surface area contributed by atoms with E-state index in [9.17, 15) is 31.2 Å². The molecule has 160 valence electrons. The van der Waals surface area contributed by atoms with E-state index in [-0.39, 0.29) is 6.54 Å². The summed E-state index contributed by atoms with van der Waals surface area (Å²) in [5.41, 5.74) is -0.368. The maximum Gasteiger partial charge on any atom is 0.332 e. The summed E-state index contributed by atoms with van der Waals surface area (Å²) in [6.07, 6.45) is 2.01. The summed E-state index contributed by atoms with van der Waals surface area (Å²) in [7, 11) is -4.42. The Hall–Kier alpha value is -3.15. The normalized spacial score (nSPS) is 14.6. The third kappa shape index (κ3) is 3.95. The van der Waals surface area contributed by atoms with Crippen LogP contribution in [0.1, 0.15) is 12.5 Å². The molecule has 1 aromatic heterocycles. The molecule has 8 nitrogen and oxygen atoms in total. The first kappa shape index (κ1) is 21.6. The Morgan fingerprint density at radius 2 is 1.87 bits per heavy atom. The number of hydrogen-bond acceptors (Lipinski definition) is 6. The van der Waals surface area contributed by atoms with Crippen molar-refractivity contribution in [3.8, 4) is 0 Å². The molecule has 0 atom stereocenters. The van der Waals surface area contributed by atoms with E-state index in [1.165, 1.54) is 6.20 Å². The first-order valence-corrected chi connectivity index (χ1v) is 10.6. The van der Waals surface area contributed by atoms with Crippen LogP contribution < -0.4 is 10.2 Å². The van der Waals surface area contributed by atoms with E-state index in [0.717, 1.165) is 4.90 Å². The van der Waals surface area contributed by atoms with Gasteiger partial charge in [0.2, 0.25) is 0 Å². The molecule has 0 spiro atoms. The van der Waals surface area contributed by atoms with E-state index in [4.69, 9.17) is 0 Å². The average molecular weight is 442 g/mol. The zero-order chi connectivity index (χ0) is 22.2. The lowest BCUT2D eigenvalue weighted by molar-refractivity contribution is -0.116. The zero-order valence-corrected chi connectivity index (χ0v) is 16.8. The van der Waals surface area contributed by atoms with Crippen molar-refractivity contribution >= 4 is 33.3 Å². The molecule has 1 aromatic carbocycles. The third-order valence-corrected chi connectivity index (χ3v) is 5.42. The van der Waals surface area contributed by atoms with Crippen molar-refractivity contribution in [1.82, 2.24) is 9.88 Å². The van der Waals surface area contributed by atoms with Crippen molar-refractivity contribution in [3.63, 3.8) is 0 Å². The number of carbonyl (C=O) groups excluding carboxylic acids is 2. The quantitative estimate of drug-likeness (QED) is 0.545. The zero-order valence-electron chi connectivity index (χ0n) is 15.9. The third-order valence-electron chi connectivity index (χ3n) is 4.30. The number of sulfone groups is 1. The number of amides is 3. The van der Waals surface area contributed by atoms with E-state index in [0.29, 0.717) is 35.1 Å². The molecule has 12 heteroatoms. The maximum absolute atomic E-state index is 14.5. The highest BCUT2D eigenvalue weighted by Crippen LogP contribution is 2.32. The van der Waals surface area contributed by atoms with E-state index in [2.05, 4.69) is 10.3 Å². The lowest BCUT2D eigenvalue weighted by atomic mass is 10.2. The number of rotatable bonds is 6. The van der Waals surface area contributed by atoms with E-state index >= 15 is 0 Å². The number of aromatic nitrogens is 1. The molecule has 3 amide bonds. The SMILES string of the molecule is CCNc1cc(CN2CC(=O)N(c3cc(F)c(S(C)(=O)=O)c(F)c3F)C2=O)ccn1. The van der Waals surface area contributed by atoms with Gasteiger partial charge in [0.1, 0.15) is 23.1 Å². The van der Waals surface area contributed by atoms with Crippen LogP contribution in [0.3, 0.4) is 0 Å². The van der Waals surface area contributed by atoms with Crippen molar-refractivity contribution in [2.75, 3.05) is 29.6 Å². The summed E-state index contributed by atoms with van der Waals surface area (Å²) in [6, 6.07) is 2.60. The van der Waals surface area contributed by atoms with Crippen LogP contribution in [0.4, 0.5) is 29.5 Å². The van der Waals surface area contributed by atoms with Crippen LogP contribution in [0.2, 0.25) is 0 Å². The van der Waals surface area contributed by atoms with E-state index in [1.54, 1.807) is 12.1 Å². The number of pyridine rings is 1. The second-order valence-corrected chi connectivity index (χ2v) is 8.51. The smallest absolute Gasteiger partial charge is 0.332 e. The second-order valence-electron chi connectivity index (χ2n) is 6.55. The number of carbonyl (C=O) groups is 2. The molecule has 1 N–H and O–H groups in total. The fourth-order valence-electron chi connectivity index (χ4n) is 3.05. The Morgan fingerprint density at radius 1 is 1.17 bits per heavy atom. The number of nitrogens with one attached hydrogen (secondary N) is 1. The average Bonchev–Trinajstić information content (AvgIpc) is 2.91. The Bertz CT molecular complexity index is 1140. The van der Waals surface area contributed by atoms with Gasteiger partial charge in [0.25, 0.3) is 5.91 Å². The Labute approximate surface area is 170 Å². The van der Waals surface area contributed by atoms with Gasteiger partial charge in [-0.3, -0.25) is 4.79 Å². The largest absolute Gasteiger partial charge is 0.370 e. The van der Waals surface area contributed by atoms with Crippen molar-refractivity contribution in [2.45, 2.75) is 18.4 Å². The molecule has 30 heavy (non-hydrogen) atoms. The Kier molecular flexibility index (Phi) is 5.70. The number of urea groups is 1. The fraction of sp³-hybridized carbons (Fsp3) is 0.278. The highest BCUT2D eigenvalue weighted by molar-refractivity contribution is 7.90. The summed E-state index contributed by atoms with van der Waals surface area (Å²) in [6.45, 7) is 2.01. The summed E-state index contributed by atoms with van der Waals surface area (Å²) < 4.78 is 65.9. The highest BCUT2D eigenvalue weighted by atomic mass is 32.2. The number of hydrogen-bond donors (Lipinski definition) is 1. The standard InChI is InChI=1S/C18H17F3N4O4S/c1-3-22-13-6-10(4-5-23-13)8-24-9-14(26)25(18(24)27)12-7-11(19)17(30(2,28)29)16(21)15(12)20/h4-7H,3,8-9H2,1-2H3,(H,22,23). The molecular weight excluding hydrogens is 425 g/mol. The Morgan fingerprint density at radius 3 is 2.50 bits per heavy atom. The Balaban J connectivity index is 1.93. The monoisotopic (exact) mass is 442 g/mol. The lowest BCUT2D eigenvalue weighted by Gasteiger charge is -2.19. The van der Waals surface area contributed by atoms with Gasteiger partial charge in [-0.05, 0) is 24.6 Å². The summed E-state index contributed by atoms with van der Waals surface area (Å²) in [5.74, 6) is -5.76. The summed E-state index contributed by atoms with van der Waals surface area (Å²) in [5, 5.41) is 2.99. The lowest BCUT2D eigenvalue weighted by Crippen LogP contribution is -2.34. The molecule has 0 aliphatic carbocycles. The minimum absolute atomic E-state index is 0.0318. The van der Waals surface area contributed by atoms with Gasteiger partial charge in [0.15, 0.2) is 21.5 Å². The molecule has 1 aliphatic heterocycles. The minimum atomic E-state index is -4.42.